The van der Waals surface area contributed by atoms with Crippen LogP contribution in [-0.4, -0.2) is 11.6 Å². The van der Waals surface area contributed by atoms with Crippen molar-refractivity contribution in [3.05, 3.63) is 69.7 Å². The average Bonchev–Trinajstić information content (AvgIpc) is 2.40. The van der Waals surface area contributed by atoms with E-state index >= 15 is 0 Å². The minimum Gasteiger partial charge on any atom is -0.295 e. The molecule has 2 aromatic carbocycles. The van der Waals surface area contributed by atoms with Crippen molar-refractivity contribution in [3.8, 4) is 0 Å². The summed E-state index contributed by atoms with van der Waals surface area (Å²) in [4.78, 5) is 21.4. The van der Waals surface area contributed by atoms with Crippen LogP contribution in [-0.2, 0) is 0 Å². The lowest BCUT2D eigenvalue weighted by Crippen LogP contribution is -1.89. The second-order valence-corrected chi connectivity index (χ2v) is 5.00. The van der Waals surface area contributed by atoms with Gasteiger partial charge in [0.25, 0.3) is 0 Å². The number of benzene rings is 2. The minimum absolute atomic E-state index is 0.0664. The molecule has 0 saturated carbocycles. The first kappa shape index (κ1) is 16.4. The standard InChI is InChI=1S/2C8H7ClO/c2*1-6(10)7-2-4-8(9)5-3-7/h2*2-5H,1H3. The third kappa shape index (κ3) is 5.55. The van der Waals surface area contributed by atoms with Crippen molar-refractivity contribution < 1.29 is 9.59 Å². The van der Waals surface area contributed by atoms with E-state index in [0.717, 1.165) is 0 Å². The molecular formula is C16H14Cl2O2. The van der Waals surface area contributed by atoms with Crippen LogP contribution in [0.2, 0.25) is 10.0 Å². The van der Waals surface area contributed by atoms with Crippen molar-refractivity contribution in [2.75, 3.05) is 0 Å². The van der Waals surface area contributed by atoms with E-state index in [0.29, 0.717) is 21.2 Å². The van der Waals surface area contributed by atoms with Crippen LogP contribution in [0.15, 0.2) is 48.5 Å². The Morgan fingerprint density at radius 2 is 0.900 bits per heavy atom. The van der Waals surface area contributed by atoms with Gasteiger partial charge in [0, 0.05) is 21.2 Å². The zero-order valence-electron chi connectivity index (χ0n) is 11.2. The smallest absolute Gasteiger partial charge is 0.159 e. The molecule has 0 heterocycles. The van der Waals surface area contributed by atoms with Crippen LogP contribution in [0.5, 0.6) is 0 Å². The van der Waals surface area contributed by atoms with Crippen LogP contribution in [0.4, 0.5) is 0 Å². The van der Waals surface area contributed by atoms with Gasteiger partial charge in [0.05, 0.1) is 0 Å². The normalized spacial score (nSPS) is 9.40. The second kappa shape index (κ2) is 7.83. The molecular weight excluding hydrogens is 295 g/mol. The molecule has 0 aliphatic carbocycles. The van der Waals surface area contributed by atoms with Gasteiger partial charge in [-0.3, -0.25) is 9.59 Å². The Kier molecular flexibility index (Phi) is 6.43. The highest BCUT2D eigenvalue weighted by Gasteiger charge is 1.96. The zero-order valence-corrected chi connectivity index (χ0v) is 12.7. The van der Waals surface area contributed by atoms with Gasteiger partial charge in [-0.1, -0.05) is 23.2 Å². The van der Waals surface area contributed by atoms with Crippen LogP contribution in [0.3, 0.4) is 0 Å². The summed E-state index contributed by atoms with van der Waals surface area (Å²) >= 11 is 11.2. The Morgan fingerprint density at radius 1 is 0.650 bits per heavy atom. The van der Waals surface area contributed by atoms with Gasteiger partial charge in [-0.05, 0) is 62.4 Å². The third-order valence-corrected chi connectivity index (χ3v) is 3.01. The quantitative estimate of drug-likeness (QED) is 0.724. The number of hydrogen-bond donors (Lipinski definition) is 0. The molecule has 0 atom stereocenters. The molecule has 20 heavy (non-hydrogen) atoms. The maximum atomic E-state index is 10.7. The molecule has 0 spiro atoms. The van der Waals surface area contributed by atoms with E-state index in [-0.39, 0.29) is 11.6 Å². The lowest BCUT2D eigenvalue weighted by molar-refractivity contribution is 0.100. The lowest BCUT2D eigenvalue weighted by Gasteiger charge is -1.92. The number of carbonyl (C=O) groups excluding carboxylic acids is 2. The Balaban J connectivity index is 0.000000200. The summed E-state index contributed by atoms with van der Waals surface area (Å²) in [5.74, 6) is 0.133. The van der Waals surface area contributed by atoms with Crippen molar-refractivity contribution in [3.63, 3.8) is 0 Å². The molecule has 0 radical (unpaired) electrons. The highest BCUT2D eigenvalue weighted by atomic mass is 35.5. The van der Waals surface area contributed by atoms with E-state index in [2.05, 4.69) is 0 Å². The first-order valence-electron chi connectivity index (χ1n) is 5.93. The van der Waals surface area contributed by atoms with Crippen LogP contribution in [0.25, 0.3) is 0 Å². The summed E-state index contributed by atoms with van der Waals surface area (Å²) in [6, 6.07) is 13.7. The number of halogens is 2. The predicted molar refractivity (Wildman–Crippen MR) is 82.9 cm³/mol. The highest BCUT2D eigenvalue weighted by Crippen LogP contribution is 2.10. The van der Waals surface area contributed by atoms with Gasteiger partial charge in [-0.15, -0.1) is 0 Å². The molecule has 0 aromatic heterocycles. The van der Waals surface area contributed by atoms with Crippen molar-refractivity contribution in [2.45, 2.75) is 13.8 Å². The molecule has 0 amide bonds. The Hall–Kier alpha value is -1.64. The van der Waals surface area contributed by atoms with Crippen LogP contribution in [0, 0.1) is 0 Å². The lowest BCUT2D eigenvalue weighted by atomic mass is 10.2. The number of carbonyl (C=O) groups is 2. The second-order valence-electron chi connectivity index (χ2n) is 4.13. The van der Waals surface area contributed by atoms with Gasteiger partial charge in [0.1, 0.15) is 0 Å². The fraction of sp³-hybridized carbons (Fsp3) is 0.125. The first-order valence-corrected chi connectivity index (χ1v) is 6.68. The van der Waals surface area contributed by atoms with Gasteiger partial charge < -0.3 is 0 Å². The summed E-state index contributed by atoms with van der Waals surface area (Å²) in [5, 5.41) is 1.31. The largest absolute Gasteiger partial charge is 0.295 e. The molecule has 0 aliphatic heterocycles. The van der Waals surface area contributed by atoms with E-state index < -0.39 is 0 Å². The van der Waals surface area contributed by atoms with Crippen molar-refractivity contribution in [2.24, 2.45) is 0 Å². The summed E-state index contributed by atoms with van der Waals surface area (Å²) in [5.41, 5.74) is 1.40. The molecule has 0 N–H and O–H groups in total. The van der Waals surface area contributed by atoms with Gasteiger partial charge in [0.2, 0.25) is 0 Å². The molecule has 0 aliphatic rings. The number of hydrogen-bond acceptors (Lipinski definition) is 2. The van der Waals surface area contributed by atoms with Gasteiger partial charge in [-0.25, -0.2) is 0 Å². The van der Waals surface area contributed by atoms with Gasteiger partial charge in [0.15, 0.2) is 11.6 Å². The van der Waals surface area contributed by atoms with Gasteiger partial charge in [-0.2, -0.15) is 0 Å². The molecule has 0 bridgehead atoms. The van der Waals surface area contributed by atoms with Crippen LogP contribution in [0.1, 0.15) is 34.6 Å². The number of rotatable bonds is 2. The Labute approximate surface area is 128 Å². The molecule has 2 nitrogen and oxygen atoms in total. The Morgan fingerprint density at radius 3 is 1.10 bits per heavy atom. The van der Waals surface area contributed by atoms with Crippen molar-refractivity contribution in [1.29, 1.82) is 0 Å². The average molecular weight is 309 g/mol. The minimum atomic E-state index is 0.0664. The van der Waals surface area contributed by atoms with E-state index in [4.69, 9.17) is 23.2 Å². The van der Waals surface area contributed by atoms with E-state index in [1.54, 1.807) is 48.5 Å². The van der Waals surface area contributed by atoms with Gasteiger partial charge >= 0.3 is 0 Å². The maximum absolute atomic E-state index is 10.7. The Bertz CT molecular complexity index is 531. The molecule has 4 heteroatoms. The fourth-order valence-corrected chi connectivity index (χ4v) is 1.62. The summed E-state index contributed by atoms with van der Waals surface area (Å²) in [7, 11) is 0. The van der Waals surface area contributed by atoms with Crippen LogP contribution < -0.4 is 0 Å². The maximum Gasteiger partial charge on any atom is 0.159 e. The molecule has 0 unspecified atom stereocenters. The topological polar surface area (TPSA) is 34.1 Å². The van der Waals surface area contributed by atoms with Crippen molar-refractivity contribution in [1.82, 2.24) is 0 Å². The molecule has 104 valence electrons. The molecule has 2 rings (SSSR count). The number of ketones is 2. The molecule has 2 aromatic rings. The summed E-state index contributed by atoms with van der Waals surface area (Å²) < 4.78 is 0. The third-order valence-electron chi connectivity index (χ3n) is 2.50. The van der Waals surface area contributed by atoms with Crippen molar-refractivity contribution >= 4 is 34.8 Å². The summed E-state index contributed by atoms with van der Waals surface area (Å²) in [6.45, 7) is 3.06. The fourth-order valence-electron chi connectivity index (χ4n) is 1.37. The number of Topliss-reactive ketones (excluding diaryl/α,β-unsaturated/α-hetero) is 2. The monoisotopic (exact) mass is 308 g/mol. The molecule has 0 saturated heterocycles. The SMILES string of the molecule is CC(=O)c1ccc(Cl)cc1.CC(=O)c1ccc(Cl)cc1. The molecule has 0 fully saturated rings. The highest BCUT2D eigenvalue weighted by molar-refractivity contribution is 6.31. The van der Waals surface area contributed by atoms with Crippen LogP contribution >= 0.6 is 23.2 Å². The van der Waals surface area contributed by atoms with E-state index in [9.17, 15) is 9.59 Å². The zero-order chi connectivity index (χ0) is 15.1. The summed E-state index contributed by atoms with van der Waals surface area (Å²) in [6.07, 6.45) is 0. The van der Waals surface area contributed by atoms with E-state index in [1.807, 2.05) is 0 Å². The van der Waals surface area contributed by atoms with E-state index in [1.165, 1.54) is 13.8 Å². The predicted octanol–water partition coefficient (Wildman–Crippen LogP) is 5.09. The first-order chi connectivity index (χ1) is 9.40.